The van der Waals surface area contributed by atoms with Gasteiger partial charge in [0.15, 0.2) is 0 Å². The molecule has 0 fully saturated rings. The first-order chi connectivity index (χ1) is 8.08. The normalized spacial score (nSPS) is 10.9. The van der Waals surface area contributed by atoms with Gasteiger partial charge in [-0.15, -0.1) is 0 Å². The smallest absolute Gasteiger partial charge is 0.139 e. The zero-order valence-electron chi connectivity index (χ0n) is 10.7. The van der Waals surface area contributed by atoms with Crippen LogP contribution in [0.15, 0.2) is 22.7 Å². The number of benzene rings is 1. The van der Waals surface area contributed by atoms with Crippen molar-refractivity contribution >= 4 is 21.6 Å². The molecule has 0 bridgehead atoms. The van der Waals surface area contributed by atoms with Crippen LogP contribution in [0.1, 0.15) is 13.8 Å². The van der Waals surface area contributed by atoms with E-state index in [1.54, 1.807) is 12.1 Å². The number of halogens is 2. The number of rotatable bonds is 6. The minimum Gasteiger partial charge on any atom is -0.370 e. The molecule has 1 aromatic rings. The molecule has 0 saturated heterocycles. The molecule has 0 unspecified atom stereocenters. The molecule has 0 N–H and O–H groups in total. The Bertz CT molecular complexity index is 357. The molecular weight excluding hydrogens is 283 g/mol. The Labute approximate surface area is 112 Å². The third kappa shape index (κ3) is 4.28. The molecule has 0 radical (unpaired) electrons. The summed E-state index contributed by atoms with van der Waals surface area (Å²) < 4.78 is 14.0. The van der Waals surface area contributed by atoms with Crippen molar-refractivity contribution in [2.24, 2.45) is 0 Å². The number of hydrogen-bond donors (Lipinski definition) is 0. The molecule has 0 aliphatic carbocycles. The Balaban J connectivity index is 2.69. The van der Waals surface area contributed by atoms with Crippen LogP contribution < -0.4 is 4.90 Å². The van der Waals surface area contributed by atoms with E-state index < -0.39 is 0 Å². The van der Waals surface area contributed by atoms with Crippen molar-refractivity contribution in [2.75, 3.05) is 38.1 Å². The van der Waals surface area contributed by atoms with Crippen molar-refractivity contribution in [1.29, 1.82) is 0 Å². The zero-order valence-corrected chi connectivity index (χ0v) is 12.3. The molecular formula is C13H20BrFN2. The first kappa shape index (κ1) is 14.5. The second-order valence-corrected chi connectivity index (χ2v) is 4.93. The fourth-order valence-corrected chi connectivity index (χ4v) is 1.85. The minimum atomic E-state index is -0.204. The summed E-state index contributed by atoms with van der Waals surface area (Å²) in [4.78, 5) is 4.43. The van der Waals surface area contributed by atoms with Crippen molar-refractivity contribution in [3.05, 3.63) is 28.5 Å². The van der Waals surface area contributed by atoms with Crippen LogP contribution in [0.5, 0.6) is 0 Å². The third-order valence-corrected chi connectivity index (χ3v) is 3.58. The van der Waals surface area contributed by atoms with Crippen molar-refractivity contribution in [3.8, 4) is 0 Å². The largest absolute Gasteiger partial charge is 0.370 e. The Morgan fingerprint density at radius 2 is 1.88 bits per heavy atom. The molecule has 0 atom stereocenters. The fraction of sp³-hybridized carbons (Fsp3) is 0.538. The third-order valence-electron chi connectivity index (χ3n) is 2.94. The molecule has 0 saturated carbocycles. The maximum Gasteiger partial charge on any atom is 0.139 e. The van der Waals surface area contributed by atoms with Crippen LogP contribution in [0.25, 0.3) is 0 Å². The summed E-state index contributed by atoms with van der Waals surface area (Å²) in [7, 11) is 2.09. The second kappa shape index (κ2) is 6.97. The quantitative estimate of drug-likeness (QED) is 0.795. The van der Waals surface area contributed by atoms with Crippen LogP contribution in [-0.4, -0.2) is 38.1 Å². The molecule has 2 nitrogen and oxygen atoms in total. The molecule has 0 spiro atoms. The van der Waals surface area contributed by atoms with E-state index in [0.29, 0.717) is 4.47 Å². The molecule has 0 aliphatic rings. The monoisotopic (exact) mass is 302 g/mol. The summed E-state index contributed by atoms with van der Waals surface area (Å²) in [5, 5.41) is 0. The van der Waals surface area contributed by atoms with Gasteiger partial charge >= 0.3 is 0 Å². The first-order valence-corrected chi connectivity index (χ1v) is 6.76. The Kier molecular flexibility index (Phi) is 5.92. The zero-order chi connectivity index (χ0) is 12.8. The standard InChI is InChI=1S/C13H20BrFN2/c1-4-16(3)8-9-17(5-2)11-6-7-12(14)13(15)10-11/h6-7,10H,4-5,8-9H2,1-3H3. The van der Waals surface area contributed by atoms with Gasteiger partial charge in [-0.05, 0) is 54.6 Å². The van der Waals surface area contributed by atoms with Gasteiger partial charge in [0.05, 0.1) is 4.47 Å². The van der Waals surface area contributed by atoms with Gasteiger partial charge in [0, 0.05) is 25.3 Å². The predicted molar refractivity (Wildman–Crippen MR) is 75.2 cm³/mol. The lowest BCUT2D eigenvalue weighted by Crippen LogP contribution is -2.33. The average molecular weight is 303 g/mol. The Hall–Kier alpha value is -0.610. The van der Waals surface area contributed by atoms with Crippen LogP contribution >= 0.6 is 15.9 Å². The molecule has 1 aromatic carbocycles. The van der Waals surface area contributed by atoms with Crippen LogP contribution in [0.3, 0.4) is 0 Å². The Morgan fingerprint density at radius 1 is 1.18 bits per heavy atom. The molecule has 1 rings (SSSR count). The van der Waals surface area contributed by atoms with Gasteiger partial charge < -0.3 is 9.80 Å². The summed E-state index contributed by atoms with van der Waals surface area (Å²) in [6.07, 6.45) is 0. The molecule has 0 aromatic heterocycles. The number of anilines is 1. The van der Waals surface area contributed by atoms with E-state index in [0.717, 1.165) is 31.9 Å². The van der Waals surface area contributed by atoms with Crippen LogP contribution in [0.4, 0.5) is 10.1 Å². The SMILES string of the molecule is CCN(C)CCN(CC)c1ccc(Br)c(F)c1. The van der Waals surface area contributed by atoms with Crippen molar-refractivity contribution in [1.82, 2.24) is 4.90 Å². The predicted octanol–water partition coefficient (Wildman–Crippen LogP) is 3.37. The minimum absolute atomic E-state index is 0.204. The van der Waals surface area contributed by atoms with Crippen LogP contribution in [0, 0.1) is 5.82 Å². The molecule has 17 heavy (non-hydrogen) atoms. The second-order valence-electron chi connectivity index (χ2n) is 4.07. The summed E-state index contributed by atoms with van der Waals surface area (Å²) in [5.74, 6) is -0.204. The average Bonchev–Trinajstić information content (AvgIpc) is 2.33. The highest BCUT2D eigenvalue weighted by Crippen LogP contribution is 2.22. The summed E-state index contributed by atoms with van der Waals surface area (Å²) in [6, 6.07) is 5.29. The summed E-state index contributed by atoms with van der Waals surface area (Å²) in [6.45, 7) is 8.05. The van der Waals surface area contributed by atoms with Gasteiger partial charge in [-0.25, -0.2) is 4.39 Å². The van der Waals surface area contributed by atoms with E-state index in [-0.39, 0.29) is 5.82 Å². The number of nitrogens with zero attached hydrogens (tertiary/aromatic N) is 2. The van der Waals surface area contributed by atoms with E-state index in [2.05, 4.69) is 46.6 Å². The highest BCUT2D eigenvalue weighted by molar-refractivity contribution is 9.10. The lowest BCUT2D eigenvalue weighted by atomic mass is 10.2. The van der Waals surface area contributed by atoms with E-state index in [1.807, 2.05) is 6.07 Å². The summed E-state index contributed by atoms with van der Waals surface area (Å²) >= 11 is 3.17. The van der Waals surface area contributed by atoms with E-state index >= 15 is 0 Å². The van der Waals surface area contributed by atoms with Gasteiger partial charge in [0.1, 0.15) is 5.82 Å². The number of hydrogen-bond acceptors (Lipinski definition) is 2. The Morgan fingerprint density at radius 3 is 2.41 bits per heavy atom. The maximum atomic E-state index is 13.5. The fourth-order valence-electron chi connectivity index (χ4n) is 1.60. The lowest BCUT2D eigenvalue weighted by molar-refractivity contribution is 0.359. The van der Waals surface area contributed by atoms with Crippen molar-refractivity contribution < 1.29 is 4.39 Å². The molecule has 0 heterocycles. The van der Waals surface area contributed by atoms with E-state index in [1.165, 1.54) is 0 Å². The van der Waals surface area contributed by atoms with E-state index in [9.17, 15) is 4.39 Å². The number of likely N-dealkylation sites (N-methyl/N-ethyl adjacent to an activating group) is 2. The molecule has 4 heteroatoms. The molecule has 0 amide bonds. The van der Waals surface area contributed by atoms with Gasteiger partial charge in [0.25, 0.3) is 0 Å². The van der Waals surface area contributed by atoms with Crippen molar-refractivity contribution in [3.63, 3.8) is 0 Å². The maximum absolute atomic E-state index is 13.5. The van der Waals surface area contributed by atoms with Gasteiger partial charge in [0.2, 0.25) is 0 Å². The van der Waals surface area contributed by atoms with Gasteiger partial charge in [-0.3, -0.25) is 0 Å². The topological polar surface area (TPSA) is 6.48 Å². The van der Waals surface area contributed by atoms with E-state index in [4.69, 9.17) is 0 Å². The lowest BCUT2D eigenvalue weighted by Gasteiger charge is -2.26. The van der Waals surface area contributed by atoms with Gasteiger partial charge in [-0.1, -0.05) is 6.92 Å². The summed E-state index contributed by atoms with van der Waals surface area (Å²) in [5.41, 5.74) is 0.942. The van der Waals surface area contributed by atoms with Crippen molar-refractivity contribution in [2.45, 2.75) is 13.8 Å². The molecule has 96 valence electrons. The highest BCUT2D eigenvalue weighted by Gasteiger charge is 2.08. The highest BCUT2D eigenvalue weighted by atomic mass is 79.9. The van der Waals surface area contributed by atoms with Gasteiger partial charge in [-0.2, -0.15) is 0 Å². The first-order valence-electron chi connectivity index (χ1n) is 5.97. The van der Waals surface area contributed by atoms with Crippen LogP contribution in [0.2, 0.25) is 0 Å². The van der Waals surface area contributed by atoms with Crippen LogP contribution in [-0.2, 0) is 0 Å². The molecule has 0 aliphatic heterocycles.